The van der Waals surface area contributed by atoms with Crippen molar-refractivity contribution in [1.29, 1.82) is 0 Å². The highest BCUT2D eigenvalue weighted by Crippen LogP contribution is 2.36. The largest absolute Gasteiger partial charge is 0.416 e. The topological polar surface area (TPSA) is 70.7 Å². The molecule has 2 amide bonds. The molecule has 1 fully saturated rings. The maximum absolute atomic E-state index is 12.9. The molecule has 12 heteroatoms. The number of likely N-dealkylation sites (tertiary alicyclic amines) is 1. The summed E-state index contributed by atoms with van der Waals surface area (Å²) in [7, 11) is 0. The maximum atomic E-state index is 12.9. The Morgan fingerprint density at radius 1 is 1.03 bits per heavy atom. The molecule has 6 nitrogen and oxygen atoms in total. The summed E-state index contributed by atoms with van der Waals surface area (Å²) in [5, 5.41) is 2.40. The van der Waals surface area contributed by atoms with Crippen LogP contribution in [0.15, 0.2) is 18.2 Å². The predicted octanol–water partition coefficient (Wildman–Crippen LogP) is 3.62. The molecule has 1 heterocycles. The summed E-state index contributed by atoms with van der Waals surface area (Å²) in [5.41, 5.74) is -1.44. The second kappa shape index (κ2) is 11.0. The summed E-state index contributed by atoms with van der Waals surface area (Å²) in [6, 6.07) is 0.811. The van der Waals surface area contributed by atoms with E-state index in [1.54, 1.807) is 6.92 Å². The number of rotatable bonds is 8. The molecule has 0 aliphatic carbocycles. The van der Waals surface area contributed by atoms with Gasteiger partial charge in [-0.25, -0.2) is 5.48 Å². The second-order valence-electron chi connectivity index (χ2n) is 7.52. The molecule has 32 heavy (non-hydrogen) atoms. The lowest BCUT2D eigenvalue weighted by Gasteiger charge is -2.31. The van der Waals surface area contributed by atoms with E-state index in [0.717, 1.165) is 12.8 Å². The molecule has 2 rings (SSSR count). The Labute approximate surface area is 181 Å². The van der Waals surface area contributed by atoms with Gasteiger partial charge in [0.05, 0.1) is 24.3 Å². The normalized spacial score (nSPS) is 16.1. The highest BCUT2D eigenvalue weighted by Gasteiger charge is 2.37. The number of alkyl halides is 6. The highest BCUT2D eigenvalue weighted by molar-refractivity contribution is 5.94. The first-order valence-corrected chi connectivity index (χ1v) is 10.1. The minimum absolute atomic E-state index is 0.0147. The van der Waals surface area contributed by atoms with E-state index in [1.165, 1.54) is 0 Å². The molecule has 1 saturated heterocycles. The van der Waals surface area contributed by atoms with Crippen LogP contribution in [0.1, 0.15) is 47.7 Å². The SMILES string of the molecule is CCONC(=O)CN1CCC(CCNC(=O)c2cc(C(F)(F)F)cc(C(F)(F)F)c2)CC1. The van der Waals surface area contributed by atoms with Crippen molar-refractivity contribution in [1.82, 2.24) is 15.7 Å². The first kappa shape index (κ1) is 25.9. The van der Waals surface area contributed by atoms with Gasteiger partial charge >= 0.3 is 12.4 Å². The minimum atomic E-state index is -5.01. The van der Waals surface area contributed by atoms with Crippen molar-refractivity contribution in [3.63, 3.8) is 0 Å². The van der Waals surface area contributed by atoms with Gasteiger partial charge in [-0.2, -0.15) is 26.3 Å². The number of piperidine rings is 1. The van der Waals surface area contributed by atoms with Gasteiger partial charge in [-0.05, 0) is 63.4 Å². The molecule has 180 valence electrons. The van der Waals surface area contributed by atoms with Crippen molar-refractivity contribution >= 4 is 11.8 Å². The third-order valence-corrected chi connectivity index (χ3v) is 5.09. The van der Waals surface area contributed by atoms with Crippen LogP contribution in [0.2, 0.25) is 0 Å². The van der Waals surface area contributed by atoms with E-state index < -0.39 is 35.0 Å². The van der Waals surface area contributed by atoms with Crippen molar-refractivity contribution < 1.29 is 40.8 Å². The molecule has 0 spiro atoms. The molecule has 0 saturated carbocycles. The molecule has 0 bridgehead atoms. The fourth-order valence-electron chi connectivity index (χ4n) is 3.40. The quantitative estimate of drug-likeness (QED) is 0.451. The van der Waals surface area contributed by atoms with E-state index in [1.807, 2.05) is 4.90 Å². The van der Waals surface area contributed by atoms with Crippen LogP contribution in [-0.4, -0.2) is 49.5 Å². The van der Waals surface area contributed by atoms with Gasteiger partial charge in [0.15, 0.2) is 0 Å². The van der Waals surface area contributed by atoms with Crippen molar-refractivity contribution in [2.75, 3.05) is 32.8 Å². The van der Waals surface area contributed by atoms with Crippen LogP contribution in [0.4, 0.5) is 26.3 Å². The number of benzene rings is 1. The molecule has 1 aliphatic rings. The first-order chi connectivity index (χ1) is 14.9. The number of halogens is 6. The number of hydroxylamine groups is 1. The van der Waals surface area contributed by atoms with Crippen LogP contribution in [-0.2, 0) is 22.0 Å². The van der Waals surface area contributed by atoms with Gasteiger partial charge in [-0.1, -0.05) is 0 Å². The molecule has 1 aromatic carbocycles. The summed E-state index contributed by atoms with van der Waals surface area (Å²) in [5.74, 6) is -1.03. The van der Waals surface area contributed by atoms with Gasteiger partial charge in [-0.3, -0.25) is 19.3 Å². The Morgan fingerprint density at radius 3 is 2.09 bits per heavy atom. The fraction of sp³-hybridized carbons (Fsp3) is 0.600. The zero-order chi connectivity index (χ0) is 23.9. The lowest BCUT2D eigenvalue weighted by molar-refractivity contribution is -0.143. The monoisotopic (exact) mass is 469 g/mol. The second-order valence-corrected chi connectivity index (χ2v) is 7.52. The summed E-state index contributed by atoms with van der Waals surface area (Å²) >= 11 is 0. The van der Waals surface area contributed by atoms with Crippen molar-refractivity contribution in [2.45, 2.75) is 38.5 Å². The number of hydrogen-bond acceptors (Lipinski definition) is 4. The van der Waals surface area contributed by atoms with E-state index in [0.29, 0.717) is 38.2 Å². The van der Waals surface area contributed by atoms with Gasteiger partial charge in [0.2, 0.25) is 0 Å². The average molecular weight is 469 g/mol. The van der Waals surface area contributed by atoms with E-state index >= 15 is 0 Å². The van der Waals surface area contributed by atoms with Crippen LogP contribution in [0.25, 0.3) is 0 Å². The summed E-state index contributed by atoms with van der Waals surface area (Å²) < 4.78 is 77.6. The van der Waals surface area contributed by atoms with Crippen molar-refractivity contribution in [3.8, 4) is 0 Å². The van der Waals surface area contributed by atoms with Crippen LogP contribution < -0.4 is 10.8 Å². The average Bonchev–Trinajstić information content (AvgIpc) is 2.72. The van der Waals surface area contributed by atoms with E-state index in [9.17, 15) is 35.9 Å². The number of hydrogen-bond donors (Lipinski definition) is 2. The number of carbonyl (C=O) groups is 2. The zero-order valence-electron chi connectivity index (χ0n) is 17.4. The van der Waals surface area contributed by atoms with Crippen molar-refractivity contribution in [2.24, 2.45) is 5.92 Å². The summed E-state index contributed by atoms with van der Waals surface area (Å²) in [4.78, 5) is 30.6. The lowest BCUT2D eigenvalue weighted by Crippen LogP contribution is -2.42. The van der Waals surface area contributed by atoms with Crippen molar-refractivity contribution in [3.05, 3.63) is 34.9 Å². The first-order valence-electron chi connectivity index (χ1n) is 10.1. The minimum Gasteiger partial charge on any atom is -0.352 e. The van der Waals surface area contributed by atoms with E-state index in [2.05, 4.69) is 10.8 Å². The Bertz CT molecular complexity index is 758. The lowest BCUT2D eigenvalue weighted by atomic mass is 9.93. The Hall–Kier alpha value is -2.34. The molecular weight excluding hydrogens is 444 g/mol. The van der Waals surface area contributed by atoms with E-state index in [-0.39, 0.29) is 31.0 Å². The number of amides is 2. The summed E-state index contributed by atoms with van der Waals surface area (Å²) in [6.45, 7) is 3.72. The van der Waals surface area contributed by atoms with Crippen LogP contribution in [0.3, 0.4) is 0 Å². The standard InChI is InChI=1S/C20H25F6N3O3/c1-2-32-28-17(30)12-29-7-4-13(5-8-29)3-6-27-18(31)14-9-15(19(21,22)23)11-16(10-14)20(24,25)26/h9-11,13H,2-8,12H2,1H3,(H,27,31)(H,28,30). The third kappa shape index (κ3) is 7.97. The third-order valence-electron chi connectivity index (χ3n) is 5.09. The predicted molar refractivity (Wildman–Crippen MR) is 102 cm³/mol. The van der Waals surface area contributed by atoms with Gasteiger partial charge in [0.1, 0.15) is 0 Å². The Kier molecular flexibility index (Phi) is 8.90. The molecule has 0 atom stereocenters. The fourth-order valence-corrected chi connectivity index (χ4v) is 3.40. The molecule has 0 aromatic heterocycles. The van der Waals surface area contributed by atoms with Crippen LogP contribution in [0, 0.1) is 5.92 Å². The molecule has 0 radical (unpaired) electrons. The molecule has 2 N–H and O–H groups in total. The number of carbonyl (C=O) groups excluding carboxylic acids is 2. The van der Waals surface area contributed by atoms with E-state index in [4.69, 9.17) is 4.84 Å². The number of nitrogens with one attached hydrogen (secondary N) is 2. The van der Waals surface area contributed by atoms with Crippen LogP contribution >= 0.6 is 0 Å². The maximum Gasteiger partial charge on any atom is 0.416 e. The smallest absolute Gasteiger partial charge is 0.352 e. The zero-order valence-corrected chi connectivity index (χ0v) is 17.4. The molecule has 1 aliphatic heterocycles. The molecule has 0 unspecified atom stereocenters. The Balaban J connectivity index is 1.85. The van der Waals surface area contributed by atoms with Gasteiger partial charge < -0.3 is 5.32 Å². The Morgan fingerprint density at radius 2 is 1.59 bits per heavy atom. The molecular formula is C20H25F6N3O3. The van der Waals surface area contributed by atoms with Gasteiger partial charge in [0, 0.05) is 12.1 Å². The van der Waals surface area contributed by atoms with Gasteiger partial charge in [-0.15, -0.1) is 0 Å². The molecule has 1 aromatic rings. The number of nitrogens with zero attached hydrogens (tertiary/aromatic N) is 1. The van der Waals surface area contributed by atoms with Crippen LogP contribution in [0.5, 0.6) is 0 Å². The highest BCUT2D eigenvalue weighted by atomic mass is 19.4. The summed E-state index contributed by atoms with van der Waals surface area (Å²) in [6.07, 6.45) is -8.00. The van der Waals surface area contributed by atoms with Gasteiger partial charge in [0.25, 0.3) is 11.8 Å².